The molecular weight excluding hydrogens is 414 g/mol. The fourth-order valence-corrected chi connectivity index (χ4v) is 3.73. The van der Waals surface area contributed by atoms with Gasteiger partial charge in [-0.3, -0.25) is 4.79 Å². The van der Waals surface area contributed by atoms with Gasteiger partial charge in [-0.15, -0.1) is 0 Å². The molecular formula is C27H29N3O3. The molecule has 33 heavy (non-hydrogen) atoms. The molecule has 1 N–H and O–H groups in total. The Bertz CT molecular complexity index is 1280. The molecule has 0 atom stereocenters. The van der Waals surface area contributed by atoms with Gasteiger partial charge in [-0.25, -0.2) is 4.98 Å². The molecule has 170 valence electrons. The number of amides is 1. The molecule has 2 heterocycles. The molecule has 0 saturated carbocycles. The number of methoxy groups -OCH3 is 1. The summed E-state index contributed by atoms with van der Waals surface area (Å²) < 4.78 is 12.9. The van der Waals surface area contributed by atoms with Crippen LogP contribution in [0.4, 0.5) is 0 Å². The fourth-order valence-electron chi connectivity index (χ4n) is 3.73. The number of carbonyl (C=O) groups excluding carboxylic acids is 1. The van der Waals surface area contributed by atoms with Gasteiger partial charge in [0.15, 0.2) is 0 Å². The smallest absolute Gasteiger partial charge is 0.226 e. The highest BCUT2D eigenvalue weighted by Gasteiger charge is 2.17. The number of hydrogen-bond donors (Lipinski definition) is 1. The van der Waals surface area contributed by atoms with Gasteiger partial charge in [0.2, 0.25) is 5.91 Å². The number of nitrogens with one attached hydrogen (secondary N) is 1. The number of ether oxygens (including phenoxy) is 2. The van der Waals surface area contributed by atoms with Crippen LogP contribution in [0.25, 0.3) is 16.9 Å². The molecule has 1 amide bonds. The summed E-state index contributed by atoms with van der Waals surface area (Å²) in [6.45, 7) is 7.02. The van der Waals surface area contributed by atoms with Crippen LogP contribution in [-0.4, -0.2) is 35.6 Å². The second-order valence-electron chi connectivity index (χ2n) is 8.19. The fraction of sp³-hybridized carbons (Fsp3) is 0.259. The number of fused-ring (bicyclic) bond motifs is 1. The van der Waals surface area contributed by atoms with Crippen LogP contribution >= 0.6 is 0 Å². The Morgan fingerprint density at radius 3 is 2.45 bits per heavy atom. The number of rotatable bonds is 8. The van der Waals surface area contributed by atoms with Gasteiger partial charge in [0, 0.05) is 11.8 Å². The first-order chi connectivity index (χ1) is 15.9. The Balaban J connectivity index is 1.47. The molecule has 6 heteroatoms. The average molecular weight is 444 g/mol. The molecule has 2 aromatic carbocycles. The lowest BCUT2D eigenvalue weighted by Gasteiger charge is -2.10. The second kappa shape index (κ2) is 9.77. The van der Waals surface area contributed by atoms with Crippen molar-refractivity contribution < 1.29 is 14.3 Å². The number of nitrogens with zero attached hydrogens (tertiary/aromatic N) is 2. The van der Waals surface area contributed by atoms with Crippen molar-refractivity contribution in [3.63, 3.8) is 0 Å². The number of aryl methyl sites for hydroxylation is 3. The van der Waals surface area contributed by atoms with Crippen molar-refractivity contribution in [2.24, 2.45) is 0 Å². The minimum absolute atomic E-state index is 0.0687. The summed E-state index contributed by atoms with van der Waals surface area (Å²) in [5, 5.41) is 2.96. The first-order valence-corrected chi connectivity index (χ1v) is 11.0. The predicted molar refractivity (Wildman–Crippen MR) is 130 cm³/mol. The third kappa shape index (κ3) is 5.17. The minimum Gasteiger partial charge on any atom is -0.497 e. The van der Waals surface area contributed by atoms with Gasteiger partial charge in [-0.2, -0.15) is 0 Å². The number of aromatic nitrogens is 2. The van der Waals surface area contributed by atoms with Crippen LogP contribution in [0.1, 0.15) is 22.4 Å². The number of hydrogen-bond acceptors (Lipinski definition) is 4. The topological polar surface area (TPSA) is 64.9 Å². The monoisotopic (exact) mass is 443 g/mol. The van der Waals surface area contributed by atoms with E-state index in [0.717, 1.165) is 39.7 Å². The van der Waals surface area contributed by atoms with E-state index in [-0.39, 0.29) is 12.3 Å². The Morgan fingerprint density at radius 2 is 1.73 bits per heavy atom. The molecule has 0 aliphatic rings. The number of benzene rings is 2. The number of imidazole rings is 1. The molecule has 2 aromatic heterocycles. The van der Waals surface area contributed by atoms with Crippen molar-refractivity contribution in [1.29, 1.82) is 0 Å². The van der Waals surface area contributed by atoms with Crippen molar-refractivity contribution in [1.82, 2.24) is 14.7 Å². The summed E-state index contributed by atoms with van der Waals surface area (Å²) in [6.07, 6.45) is 2.21. The third-order valence-electron chi connectivity index (χ3n) is 5.74. The van der Waals surface area contributed by atoms with Crippen LogP contribution in [-0.2, 0) is 11.2 Å². The minimum atomic E-state index is -0.0687. The number of pyridine rings is 1. The maximum absolute atomic E-state index is 12.8. The summed E-state index contributed by atoms with van der Waals surface area (Å²) in [7, 11) is 1.63. The van der Waals surface area contributed by atoms with Crippen LogP contribution in [0.5, 0.6) is 11.5 Å². The zero-order valence-corrected chi connectivity index (χ0v) is 19.5. The highest BCUT2D eigenvalue weighted by molar-refractivity contribution is 5.81. The molecule has 0 bridgehead atoms. The maximum atomic E-state index is 12.8. The van der Waals surface area contributed by atoms with Crippen molar-refractivity contribution in [3.05, 3.63) is 83.2 Å². The molecule has 0 spiro atoms. The van der Waals surface area contributed by atoms with E-state index in [2.05, 4.69) is 37.4 Å². The van der Waals surface area contributed by atoms with Crippen LogP contribution in [0.2, 0.25) is 0 Å². The SMILES string of the molecule is COc1ccc(OCCNC(=O)Cc2c(-c3ccc(C)c(C)c3)nc3cc(C)ccn23)cc1. The van der Waals surface area contributed by atoms with Crippen molar-refractivity contribution in [2.45, 2.75) is 27.2 Å². The number of carbonyl (C=O) groups is 1. The Kier molecular flexibility index (Phi) is 6.63. The standard InChI is InChI=1S/C27H29N3O3/c1-18-11-13-30-24(27(29-25(30)15-18)21-6-5-19(2)20(3)16-21)17-26(31)28-12-14-33-23-9-7-22(32-4)8-10-23/h5-11,13,15-16H,12,14,17H2,1-4H3,(H,28,31). The average Bonchev–Trinajstić information content (AvgIpc) is 3.16. The van der Waals surface area contributed by atoms with Gasteiger partial charge in [0.05, 0.1) is 31.5 Å². The second-order valence-corrected chi connectivity index (χ2v) is 8.19. The Labute approximate surface area is 194 Å². The van der Waals surface area contributed by atoms with E-state index in [1.165, 1.54) is 11.1 Å². The first kappa shape index (κ1) is 22.4. The van der Waals surface area contributed by atoms with Crippen molar-refractivity contribution in [2.75, 3.05) is 20.3 Å². The summed E-state index contributed by atoms with van der Waals surface area (Å²) in [6, 6.07) is 17.7. The van der Waals surface area contributed by atoms with Crippen LogP contribution < -0.4 is 14.8 Å². The molecule has 4 aromatic rings. The van der Waals surface area contributed by atoms with E-state index >= 15 is 0 Å². The Hall–Kier alpha value is -3.80. The van der Waals surface area contributed by atoms with E-state index in [4.69, 9.17) is 14.5 Å². The van der Waals surface area contributed by atoms with E-state index < -0.39 is 0 Å². The van der Waals surface area contributed by atoms with E-state index in [1.54, 1.807) is 7.11 Å². The first-order valence-electron chi connectivity index (χ1n) is 11.0. The lowest BCUT2D eigenvalue weighted by Crippen LogP contribution is -2.29. The third-order valence-corrected chi connectivity index (χ3v) is 5.74. The maximum Gasteiger partial charge on any atom is 0.226 e. The highest BCUT2D eigenvalue weighted by atomic mass is 16.5. The summed E-state index contributed by atoms with van der Waals surface area (Å²) in [5.41, 5.74) is 7.14. The summed E-state index contributed by atoms with van der Waals surface area (Å²) in [4.78, 5) is 17.7. The molecule has 0 saturated heterocycles. The van der Waals surface area contributed by atoms with Crippen LogP contribution in [0, 0.1) is 20.8 Å². The highest BCUT2D eigenvalue weighted by Crippen LogP contribution is 2.27. The van der Waals surface area contributed by atoms with E-state index in [0.29, 0.717) is 13.2 Å². The normalized spacial score (nSPS) is 10.9. The molecule has 0 radical (unpaired) electrons. The van der Waals surface area contributed by atoms with Gasteiger partial charge in [0.1, 0.15) is 23.8 Å². The summed E-state index contributed by atoms with van der Waals surface area (Å²) >= 11 is 0. The van der Waals surface area contributed by atoms with E-state index in [1.807, 2.05) is 53.9 Å². The largest absolute Gasteiger partial charge is 0.497 e. The van der Waals surface area contributed by atoms with E-state index in [9.17, 15) is 4.79 Å². The molecule has 0 aliphatic carbocycles. The lowest BCUT2D eigenvalue weighted by atomic mass is 10.0. The van der Waals surface area contributed by atoms with Crippen molar-refractivity contribution >= 4 is 11.6 Å². The zero-order valence-electron chi connectivity index (χ0n) is 19.5. The molecule has 0 fully saturated rings. The predicted octanol–water partition coefficient (Wildman–Crippen LogP) is 4.67. The van der Waals surface area contributed by atoms with Gasteiger partial charge in [-0.05, 0) is 79.9 Å². The Morgan fingerprint density at radius 1 is 0.970 bits per heavy atom. The zero-order chi connectivity index (χ0) is 23.4. The molecule has 0 unspecified atom stereocenters. The van der Waals surface area contributed by atoms with Gasteiger partial charge < -0.3 is 19.2 Å². The molecule has 6 nitrogen and oxygen atoms in total. The van der Waals surface area contributed by atoms with Gasteiger partial charge >= 0.3 is 0 Å². The lowest BCUT2D eigenvalue weighted by molar-refractivity contribution is -0.120. The van der Waals surface area contributed by atoms with Gasteiger partial charge in [0.25, 0.3) is 0 Å². The van der Waals surface area contributed by atoms with Crippen LogP contribution in [0.3, 0.4) is 0 Å². The summed E-state index contributed by atoms with van der Waals surface area (Å²) in [5.74, 6) is 1.44. The van der Waals surface area contributed by atoms with Crippen molar-refractivity contribution in [3.8, 4) is 22.8 Å². The quantitative estimate of drug-likeness (QED) is 0.402. The molecule has 4 rings (SSSR count). The van der Waals surface area contributed by atoms with Crippen LogP contribution in [0.15, 0.2) is 60.8 Å². The van der Waals surface area contributed by atoms with Gasteiger partial charge in [-0.1, -0.05) is 12.1 Å². The molecule has 0 aliphatic heterocycles.